The molecule has 1 aliphatic rings. The third kappa shape index (κ3) is 1.78. The van der Waals surface area contributed by atoms with Crippen LogP contribution in [0.25, 0.3) is 10.9 Å². The SMILES string of the molecule is CC1=C(C)C(=O)N(c2cccc3cc(Br)cnc23)C1=O. The van der Waals surface area contributed by atoms with Crippen LogP contribution in [-0.2, 0) is 9.59 Å². The smallest absolute Gasteiger partial charge is 0.261 e. The predicted octanol–water partition coefficient (Wildman–Crippen LogP) is 3.21. The quantitative estimate of drug-likeness (QED) is 0.754. The van der Waals surface area contributed by atoms with Crippen molar-refractivity contribution in [2.45, 2.75) is 13.8 Å². The number of anilines is 1. The van der Waals surface area contributed by atoms with Crippen molar-refractivity contribution in [3.05, 3.63) is 46.1 Å². The van der Waals surface area contributed by atoms with Crippen LogP contribution in [0.2, 0.25) is 0 Å². The van der Waals surface area contributed by atoms with E-state index in [0.717, 1.165) is 9.86 Å². The van der Waals surface area contributed by atoms with Crippen molar-refractivity contribution in [2.24, 2.45) is 0 Å². The van der Waals surface area contributed by atoms with Gasteiger partial charge in [-0.3, -0.25) is 14.6 Å². The number of pyridine rings is 1. The number of hydrogen-bond donors (Lipinski definition) is 0. The van der Waals surface area contributed by atoms with Gasteiger partial charge in [0, 0.05) is 27.2 Å². The zero-order chi connectivity index (χ0) is 14.4. The summed E-state index contributed by atoms with van der Waals surface area (Å²) in [5, 5.41) is 0.875. The average Bonchev–Trinajstić information content (AvgIpc) is 2.62. The highest BCUT2D eigenvalue weighted by molar-refractivity contribution is 9.10. The summed E-state index contributed by atoms with van der Waals surface area (Å²) in [7, 11) is 0. The number of aromatic nitrogens is 1. The lowest BCUT2D eigenvalue weighted by atomic mass is 10.1. The summed E-state index contributed by atoms with van der Waals surface area (Å²) < 4.78 is 0.853. The Bertz CT molecular complexity index is 772. The highest BCUT2D eigenvalue weighted by Gasteiger charge is 2.35. The molecule has 1 aliphatic heterocycles. The normalized spacial score (nSPS) is 15.7. The van der Waals surface area contributed by atoms with E-state index < -0.39 is 0 Å². The maximum absolute atomic E-state index is 12.2. The van der Waals surface area contributed by atoms with Gasteiger partial charge < -0.3 is 0 Å². The lowest BCUT2D eigenvalue weighted by molar-refractivity contribution is -0.120. The Kier molecular flexibility index (Phi) is 2.94. The van der Waals surface area contributed by atoms with Gasteiger partial charge in [0.15, 0.2) is 0 Å². The zero-order valence-corrected chi connectivity index (χ0v) is 12.6. The van der Waals surface area contributed by atoms with Crippen molar-refractivity contribution in [3.8, 4) is 0 Å². The third-order valence-corrected chi connectivity index (χ3v) is 3.94. The van der Waals surface area contributed by atoms with Gasteiger partial charge in [-0.1, -0.05) is 12.1 Å². The number of carbonyl (C=O) groups is 2. The Labute approximate surface area is 124 Å². The van der Waals surface area contributed by atoms with Crippen molar-refractivity contribution >= 4 is 44.3 Å². The fourth-order valence-corrected chi connectivity index (χ4v) is 2.61. The largest absolute Gasteiger partial charge is 0.269 e. The van der Waals surface area contributed by atoms with E-state index in [0.29, 0.717) is 22.4 Å². The van der Waals surface area contributed by atoms with Gasteiger partial charge in [-0.15, -0.1) is 0 Å². The van der Waals surface area contributed by atoms with Crippen LogP contribution in [0, 0.1) is 0 Å². The molecular weight excluding hydrogens is 320 g/mol. The molecule has 2 amide bonds. The molecule has 0 spiro atoms. The Morgan fingerprint density at radius 2 is 1.75 bits per heavy atom. The van der Waals surface area contributed by atoms with Crippen LogP contribution < -0.4 is 4.90 Å². The first-order chi connectivity index (χ1) is 9.50. The maximum Gasteiger partial charge on any atom is 0.261 e. The van der Waals surface area contributed by atoms with E-state index in [1.807, 2.05) is 18.2 Å². The minimum Gasteiger partial charge on any atom is -0.269 e. The van der Waals surface area contributed by atoms with E-state index in [4.69, 9.17) is 0 Å². The molecule has 5 heteroatoms. The van der Waals surface area contributed by atoms with Gasteiger partial charge in [0.05, 0.1) is 11.2 Å². The van der Waals surface area contributed by atoms with Crippen LogP contribution in [0.5, 0.6) is 0 Å². The van der Waals surface area contributed by atoms with Gasteiger partial charge in [-0.2, -0.15) is 0 Å². The fraction of sp³-hybridized carbons (Fsp3) is 0.133. The van der Waals surface area contributed by atoms with E-state index in [2.05, 4.69) is 20.9 Å². The molecule has 0 atom stereocenters. The first-order valence-electron chi connectivity index (χ1n) is 6.11. The van der Waals surface area contributed by atoms with Crippen LogP contribution >= 0.6 is 15.9 Å². The number of amides is 2. The lowest BCUT2D eigenvalue weighted by Gasteiger charge is -2.16. The second-order valence-corrected chi connectivity index (χ2v) is 5.61. The van der Waals surface area contributed by atoms with Crippen LogP contribution in [0.4, 0.5) is 5.69 Å². The van der Waals surface area contributed by atoms with E-state index in [1.165, 1.54) is 4.90 Å². The Morgan fingerprint density at radius 1 is 1.10 bits per heavy atom. The number of para-hydroxylation sites is 1. The van der Waals surface area contributed by atoms with Gasteiger partial charge in [0.25, 0.3) is 11.8 Å². The Morgan fingerprint density at radius 3 is 2.40 bits per heavy atom. The minimum atomic E-state index is -0.273. The standard InChI is InChI=1S/C15H11BrN2O2/c1-8-9(2)15(20)18(14(8)19)12-5-3-4-10-6-11(16)7-17-13(10)12/h3-7H,1-2H3. The van der Waals surface area contributed by atoms with Crippen molar-refractivity contribution in [3.63, 3.8) is 0 Å². The van der Waals surface area contributed by atoms with Crippen LogP contribution in [-0.4, -0.2) is 16.8 Å². The number of nitrogens with zero attached hydrogens (tertiary/aromatic N) is 2. The molecule has 1 aromatic carbocycles. The Hall–Kier alpha value is -2.01. The molecule has 0 unspecified atom stereocenters. The monoisotopic (exact) mass is 330 g/mol. The second kappa shape index (κ2) is 4.52. The van der Waals surface area contributed by atoms with E-state index in [-0.39, 0.29) is 11.8 Å². The number of benzene rings is 1. The molecule has 3 rings (SSSR count). The van der Waals surface area contributed by atoms with Crippen LogP contribution in [0.3, 0.4) is 0 Å². The highest BCUT2D eigenvalue weighted by atomic mass is 79.9. The number of halogens is 1. The highest BCUT2D eigenvalue weighted by Crippen LogP contribution is 2.32. The molecule has 0 N–H and O–H groups in total. The zero-order valence-electron chi connectivity index (χ0n) is 11.0. The van der Waals surface area contributed by atoms with Gasteiger partial charge in [-0.05, 0) is 41.9 Å². The van der Waals surface area contributed by atoms with Crippen molar-refractivity contribution in [1.82, 2.24) is 4.98 Å². The molecular formula is C15H11BrN2O2. The Balaban J connectivity index is 2.22. The molecule has 2 aromatic rings. The maximum atomic E-state index is 12.2. The molecule has 2 heterocycles. The summed E-state index contributed by atoms with van der Waals surface area (Å²) in [5.41, 5.74) is 2.15. The van der Waals surface area contributed by atoms with Crippen LogP contribution in [0.15, 0.2) is 46.1 Å². The number of rotatable bonds is 1. The van der Waals surface area contributed by atoms with Gasteiger partial charge in [-0.25, -0.2) is 4.90 Å². The van der Waals surface area contributed by atoms with E-state index in [9.17, 15) is 9.59 Å². The summed E-state index contributed by atoms with van der Waals surface area (Å²) in [6.07, 6.45) is 1.66. The number of carbonyl (C=O) groups excluding carboxylic acids is 2. The second-order valence-electron chi connectivity index (χ2n) is 4.70. The number of imide groups is 1. The van der Waals surface area contributed by atoms with Crippen LogP contribution in [0.1, 0.15) is 13.8 Å². The van der Waals surface area contributed by atoms with Gasteiger partial charge in [0.2, 0.25) is 0 Å². The van der Waals surface area contributed by atoms with Crippen molar-refractivity contribution in [2.75, 3.05) is 4.90 Å². The first kappa shape index (κ1) is 13.0. The van der Waals surface area contributed by atoms with Crippen molar-refractivity contribution in [1.29, 1.82) is 0 Å². The van der Waals surface area contributed by atoms with Gasteiger partial charge >= 0.3 is 0 Å². The fourth-order valence-electron chi connectivity index (χ4n) is 2.27. The third-order valence-electron chi connectivity index (χ3n) is 3.51. The van der Waals surface area contributed by atoms with E-state index >= 15 is 0 Å². The summed E-state index contributed by atoms with van der Waals surface area (Å²) in [6, 6.07) is 7.36. The first-order valence-corrected chi connectivity index (χ1v) is 6.90. The number of fused-ring (bicyclic) bond motifs is 1. The predicted molar refractivity (Wildman–Crippen MR) is 80.3 cm³/mol. The average molecular weight is 331 g/mol. The summed E-state index contributed by atoms with van der Waals surface area (Å²) >= 11 is 3.37. The molecule has 100 valence electrons. The van der Waals surface area contributed by atoms with Gasteiger partial charge in [0.1, 0.15) is 0 Å². The molecule has 0 saturated carbocycles. The summed E-state index contributed by atoms with van der Waals surface area (Å²) in [5.74, 6) is -0.547. The van der Waals surface area contributed by atoms with E-state index in [1.54, 1.807) is 26.1 Å². The molecule has 0 radical (unpaired) electrons. The molecule has 0 saturated heterocycles. The summed E-state index contributed by atoms with van der Waals surface area (Å²) in [4.78, 5) is 30.0. The molecule has 4 nitrogen and oxygen atoms in total. The molecule has 20 heavy (non-hydrogen) atoms. The summed E-state index contributed by atoms with van der Waals surface area (Å²) in [6.45, 7) is 3.34. The number of hydrogen-bond acceptors (Lipinski definition) is 3. The van der Waals surface area contributed by atoms with Crippen molar-refractivity contribution < 1.29 is 9.59 Å². The minimum absolute atomic E-state index is 0.273. The lowest BCUT2D eigenvalue weighted by Crippen LogP contribution is -2.31. The topological polar surface area (TPSA) is 50.3 Å². The molecule has 0 aliphatic carbocycles. The molecule has 0 bridgehead atoms. The molecule has 0 fully saturated rings. The molecule has 1 aromatic heterocycles.